The molecule has 0 saturated carbocycles. The number of carbonyl (C=O) groups excluding carboxylic acids is 4. The number of benzene rings is 4. The molecule has 0 aliphatic carbocycles. The molecule has 6 aromatic rings. The van der Waals surface area contributed by atoms with Crippen LogP contribution in [-0.2, 0) is 35.9 Å². The number of fused-ring (bicyclic) bond motifs is 4. The van der Waals surface area contributed by atoms with Crippen LogP contribution < -0.4 is 29.6 Å². The molecule has 0 radical (unpaired) electrons. The summed E-state index contributed by atoms with van der Waals surface area (Å²) in [5.41, 5.74) is 11.0. The highest BCUT2D eigenvalue weighted by molar-refractivity contribution is 7.90. The van der Waals surface area contributed by atoms with Crippen molar-refractivity contribution in [2.24, 2.45) is 0 Å². The van der Waals surface area contributed by atoms with Crippen LogP contribution in [0.4, 0.5) is 11.4 Å². The van der Waals surface area contributed by atoms with Gasteiger partial charge >= 0.3 is 11.9 Å². The summed E-state index contributed by atoms with van der Waals surface area (Å²) in [6, 6.07) is 17.2. The SMILES string of the molecule is CCOc1c2c(c(OCC)c3ncccc13)C(=O)N(c1ccc(CS(C)(=O)=O)cc1C)C2=O.CCOc1c2c(c(OCC)c3ncccc13)C(=O)OC2=O.Cc1cc(CS(C)(=O)=O)ccc1N. The zero-order chi connectivity index (χ0) is 49.0. The average molecular weight is 955 g/mol. The number of imide groups is 1. The molecular weight excluding hydrogens is 905 g/mol. The van der Waals surface area contributed by atoms with E-state index < -0.39 is 43.4 Å². The highest BCUT2D eigenvalue weighted by Crippen LogP contribution is 2.46. The molecule has 17 nitrogen and oxygen atoms in total. The highest BCUT2D eigenvalue weighted by Gasteiger charge is 2.44. The number of carbonyl (C=O) groups is 4. The Balaban J connectivity index is 0.000000185. The smallest absolute Gasteiger partial charge is 0.350 e. The molecule has 0 saturated heterocycles. The summed E-state index contributed by atoms with van der Waals surface area (Å²) in [5.74, 6) is -1.43. The monoisotopic (exact) mass is 954 g/mol. The molecule has 2 aliphatic rings. The van der Waals surface area contributed by atoms with Crippen molar-refractivity contribution in [2.45, 2.75) is 53.0 Å². The Labute approximate surface area is 388 Å². The third-order valence-electron chi connectivity index (χ3n) is 10.2. The van der Waals surface area contributed by atoms with Gasteiger partial charge in [-0.3, -0.25) is 19.6 Å². The number of cyclic esters (lactones) is 2. The molecule has 2 aliphatic heterocycles. The third kappa shape index (κ3) is 10.5. The van der Waals surface area contributed by atoms with Gasteiger partial charge in [0.1, 0.15) is 39.2 Å². The first kappa shape index (κ1) is 49.3. The van der Waals surface area contributed by atoms with Gasteiger partial charge in [-0.1, -0.05) is 24.3 Å². The largest absolute Gasteiger partial charge is 0.492 e. The Morgan fingerprint density at radius 1 is 0.567 bits per heavy atom. The second-order valence-corrected chi connectivity index (χ2v) is 19.7. The number of pyridine rings is 2. The predicted octanol–water partition coefficient (Wildman–Crippen LogP) is 7.15. The van der Waals surface area contributed by atoms with Crippen molar-refractivity contribution < 1.29 is 59.7 Å². The summed E-state index contributed by atoms with van der Waals surface area (Å²) in [6.07, 6.45) is 5.56. The number of ether oxygens (including phenoxy) is 5. The fourth-order valence-electron chi connectivity index (χ4n) is 7.67. The minimum atomic E-state index is -3.22. The minimum Gasteiger partial charge on any atom is -0.492 e. The van der Waals surface area contributed by atoms with E-state index in [1.54, 1.807) is 108 Å². The molecule has 4 heterocycles. The van der Waals surface area contributed by atoms with Gasteiger partial charge in [0.05, 0.1) is 49.2 Å². The second kappa shape index (κ2) is 20.2. The van der Waals surface area contributed by atoms with E-state index in [0.29, 0.717) is 75.6 Å². The molecule has 0 bridgehead atoms. The van der Waals surface area contributed by atoms with Gasteiger partial charge in [0.25, 0.3) is 11.8 Å². The standard InChI is InChI=1S/C24H24N2O6S.C15H13NO5.C9H13NO2S/c1-5-31-21-16-8-7-11-25-20(16)22(32-6-2)19-18(21)23(27)26(24(19)28)17-10-9-15(12-14(17)3)13-33(4,29)30;1-3-19-12-8-6-5-7-16-11(8)13(20-4-2)10-9(12)14(17)21-15(10)18;1-7-5-8(3-4-9(7)10)6-13(2,11)12/h7-12H,5-6,13H2,1-4H3;5-7H,3-4H2,1-2H3;3-5H,6,10H2,1-2H3. The molecule has 0 unspecified atom stereocenters. The summed E-state index contributed by atoms with van der Waals surface area (Å²) in [7, 11) is -6.17. The Bertz CT molecular complexity index is 3060. The van der Waals surface area contributed by atoms with E-state index in [1.165, 1.54) is 6.26 Å². The molecule has 2 N–H and O–H groups in total. The summed E-state index contributed by atoms with van der Waals surface area (Å²) in [4.78, 5) is 60.9. The number of sulfone groups is 2. The average Bonchev–Trinajstić information content (AvgIpc) is 3.70. The highest BCUT2D eigenvalue weighted by atomic mass is 32.2. The molecule has 2 amide bonds. The van der Waals surface area contributed by atoms with Gasteiger partial charge in [0.2, 0.25) is 0 Å². The van der Waals surface area contributed by atoms with Crippen LogP contribution >= 0.6 is 0 Å². The predicted molar refractivity (Wildman–Crippen MR) is 253 cm³/mol. The number of aromatic nitrogens is 2. The molecule has 0 atom stereocenters. The Morgan fingerprint density at radius 3 is 1.42 bits per heavy atom. The Hall–Kier alpha value is -7.12. The van der Waals surface area contributed by atoms with Gasteiger partial charge in [-0.2, -0.15) is 0 Å². The minimum absolute atomic E-state index is 0.0775. The van der Waals surface area contributed by atoms with Gasteiger partial charge < -0.3 is 29.4 Å². The van der Waals surface area contributed by atoms with E-state index >= 15 is 0 Å². The molecule has 8 rings (SSSR count). The quantitative estimate of drug-likeness (QED) is 0.0523. The van der Waals surface area contributed by atoms with Crippen LogP contribution in [0, 0.1) is 13.8 Å². The first-order valence-electron chi connectivity index (χ1n) is 21.1. The van der Waals surface area contributed by atoms with Gasteiger partial charge in [-0.25, -0.2) is 31.3 Å². The molecule has 0 spiro atoms. The van der Waals surface area contributed by atoms with Crippen LogP contribution in [-0.4, -0.2) is 89.5 Å². The number of hydrogen-bond donors (Lipinski definition) is 1. The number of nitrogen functional groups attached to an aromatic ring is 1. The maximum atomic E-state index is 13.6. The van der Waals surface area contributed by atoms with Crippen molar-refractivity contribution >= 4 is 76.6 Å². The maximum absolute atomic E-state index is 13.6. The zero-order valence-electron chi connectivity index (χ0n) is 38.2. The van der Waals surface area contributed by atoms with E-state index in [2.05, 4.69) is 9.97 Å². The molecule has 352 valence electrons. The molecule has 4 aromatic carbocycles. The first-order chi connectivity index (χ1) is 31.7. The summed E-state index contributed by atoms with van der Waals surface area (Å²) < 4.78 is 72.7. The van der Waals surface area contributed by atoms with Crippen molar-refractivity contribution in [3.63, 3.8) is 0 Å². The van der Waals surface area contributed by atoms with Crippen molar-refractivity contribution in [3.8, 4) is 23.0 Å². The number of amides is 2. The number of hydrogen-bond acceptors (Lipinski definition) is 16. The topological polar surface area (TPSA) is 238 Å². The summed E-state index contributed by atoms with van der Waals surface area (Å²) >= 11 is 0. The van der Waals surface area contributed by atoms with Crippen LogP contribution in [0.1, 0.15) is 91.4 Å². The normalized spacial score (nSPS) is 13.0. The van der Waals surface area contributed by atoms with Crippen molar-refractivity contribution in [3.05, 3.63) is 118 Å². The fourth-order valence-corrected chi connectivity index (χ4v) is 9.24. The van der Waals surface area contributed by atoms with Gasteiger partial charge in [0, 0.05) is 41.4 Å². The second-order valence-electron chi connectivity index (χ2n) is 15.4. The lowest BCUT2D eigenvalue weighted by atomic mass is 10.0. The van der Waals surface area contributed by atoms with Crippen LogP contribution in [0.3, 0.4) is 0 Å². The number of anilines is 2. The van der Waals surface area contributed by atoms with E-state index in [9.17, 15) is 36.0 Å². The van der Waals surface area contributed by atoms with Crippen molar-refractivity contribution in [1.29, 1.82) is 0 Å². The molecule has 67 heavy (non-hydrogen) atoms. The summed E-state index contributed by atoms with van der Waals surface area (Å²) in [5, 5.41) is 1.21. The third-order valence-corrected chi connectivity index (χ3v) is 11.9. The number of esters is 2. The van der Waals surface area contributed by atoms with E-state index in [4.69, 9.17) is 29.4 Å². The summed E-state index contributed by atoms with van der Waals surface area (Å²) in [6.45, 7) is 12.1. The van der Waals surface area contributed by atoms with Crippen LogP contribution in [0.5, 0.6) is 23.0 Å². The van der Waals surface area contributed by atoms with Crippen molar-refractivity contribution in [1.82, 2.24) is 9.97 Å². The fraction of sp³-hybridized carbons (Fsp3) is 0.292. The van der Waals surface area contributed by atoms with E-state index in [1.807, 2.05) is 6.92 Å². The lowest BCUT2D eigenvalue weighted by Gasteiger charge is -2.17. The van der Waals surface area contributed by atoms with Crippen LogP contribution in [0.15, 0.2) is 73.1 Å². The number of aryl methyl sites for hydroxylation is 2. The number of nitrogens with two attached hydrogens (primary N) is 1. The molecule has 19 heteroatoms. The van der Waals surface area contributed by atoms with Gasteiger partial charge in [0.15, 0.2) is 31.2 Å². The van der Waals surface area contributed by atoms with Crippen LogP contribution in [0.25, 0.3) is 21.8 Å². The zero-order valence-corrected chi connectivity index (χ0v) is 39.8. The van der Waals surface area contributed by atoms with Crippen molar-refractivity contribution in [2.75, 3.05) is 49.6 Å². The van der Waals surface area contributed by atoms with E-state index in [0.717, 1.165) is 22.3 Å². The maximum Gasteiger partial charge on any atom is 0.350 e. The van der Waals surface area contributed by atoms with Gasteiger partial charge in [-0.05, 0) is 100 Å². The van der Waals surface area contributed by atoms with Gasteiger partial charge in [-0.15, -0.1) is 0 Å². The Morgan fingerprint density at radius 2 is 0.970 bits per heavy atom. The van der Waals surface area contributed by atoms with Crippen LogP contribution in [0.2, 0.25) is 0 Å². The molecule has 2 aromatic heterocycles. The lowest BCUT2D eigenvalue weighted by Crippen LogP contribution is -2.30. The van der Waals surface area contributed by atoms with E-state index in [-0.39, 0.29) is 51.9 Å². The molecular formula is C48H50N4O13S2. The molecule has 0 fully saturated rings. The first-order valence-corrected chi connectivity index (χ1v) is 25.2. The number of nitrogens with zero attached hydrogens (tertiary/aromatic N) is 3. The number of rotatable bonds is 13. The lowest BCUT2D eigenvalue weighted by molar-refractivity contribution is 0.0440. The Kier molecular flexibility index (Phi) is 14.9.